The fourth-order valence-corrected chi connectivity index (χ4v) is 2.48. The van der Waals surface area contributed by atoms with Crippen molar-refractivity contribution in [2.45, 2.75) is 40.5 Å². The minimum atomic E-state index is -0.958. The van der Waals surface area contributed by atoms with Crippen LogP contribution < -0.4 is 0 Å². The average Bonchev–Trinajstić information content (AvgIpc) is 2.28. The summed E-state index contributed by atoms with van der Waals surface area (Å²) in [6.45, 7) is 6.76. The molecule has 1 saturated carbocycles. The number of carboxylic acid groups (broad SMARTS) is 2. The molecule has 2 N–H and O–H groups in total. The molecule has 0 amide bonds. The van der Waals surface area contributed by atoms with E-state index in [4.69, 9.17) is 0 Å². The number of hydrogen-bond donors (Lipinski definition) is 2. The van der Waals surface area contributed by atoms with Crippen LogP contribution in [0.25, 0.3) is 0 Å². The minimum absolute atomic E-state index is 0.415. The smallest absolute Gasteiger partial charge is 0.309 e. The first-order valence-electron chi connectivity index (χ1n) is 5.06. The van der Waals surface area contributed by atoms with Gasteiger partial charge in [-0.05, 0) is 32.1 Å². The summed E-state index contributed by atoms with van der Waals surface area (Å²) >= 11 is 0. The lowest BCUT2D eigenvalue weighted by Gasteiger charge is -2.42. The highest BCUT2D eigenvalue weighted by Gasteiger charge is 2.65. The van der Waals surface area contributed by atoms with Crippen LogP contribution in [0, 0.1) is 16.2 Å². The minimum Gasteiger partial charge on any atom is -0.481 e. The maximum Gasteiger partial charge on any atom is 0.309 e. The maximum absolute atomic E-state index is 11.3. The monoisotopic (exact) mass is 214 g/mol. The molecule has 86 valence electrons. The van der Waals surface area contributed by atoms with E-state index in [9.17, 15) is 19.8 Å². The molecular weight excluding hydrogens is 196 g/mol. The fourth-order valence-electron chi connectivity index (χ4n) is 2.48. The Hall–Kier alpha value is -1.06. The van der Waals surface area contributed by atoms with Crippen molar-refractivity contribution in [3.8, 4) is 0 Å². The summed E-state index contributed by atoms with van der Waals surface area (Å²) in [4.78, 5) is 22.5. The third kappa shape index (κ3) is 1.20. The summed E-state index contributed by atoms with van der Waals surface area (Å²) in [7, 11) is 0. The molecule has 0 aromatic rings. The van der Waals surface area contributed by atoms with Crippen LogP contribution in [-0.4, -0.2) is 22.2 Å². The SMILES string of the molecule is CC1(C)[C@](C)(C(=O)O)CC[C@@]1(C)C(=O)O. The highest BCUT2D eigenvalue weighted by Crippen LogP contribution is 2.62. The Labute approximate surface area is 89.3 Å². The maximum atomic E-state index is 11.3. The second-order valence-corrected chi connectivity index (χ2v) is 5.40. The van der Waals surface area contributed by atoms with Crippen LogP contribution in [0.15, 0.2) is 0 Å². The highest BCUT2D eigenvalue weighted by atomic mass is 16.4. The van der Waals surface area contributed by atoms with Gasteiger partial charge < -0.3 is 10.2 Å². The Bertz CT molecular complexity index is 291. The van der Waals surface area contributed by atoms with Crippen LogP contribution in [0.2, 0.25) is 0 Å². The second-order valence-electron chi connectivity index (χ2n) is 5.40. The van der Waals surface area contributed by atoms with Gasteiger partial charge in [-0.15, -0.1) is 0 Å². The summed E-state index contributed by atoms with van der Waals surface area (Å²) in [5.41, 5.74) is -2.67. The van der Waals surface area contributed by atoms with Crippen molar-refractivity contribution >= 4 is 11.9 Å². The van der Waals surface area contributed by atoms with Crippen molar-refractivity contribution in [2.75, 3.05) is 0 Å². The summed E-state index contributed by atoms with van der Waals surface area (Å²) in [6.07, 6.45) is 0.830. The normalized spacial score (nSPS) is 38.9. The van der Waals surface area contributed by atoms with Crippen molar-refractivity contribution in [3.63, 3.8) is 0 Å². The van der Waals surface area contributed by atoms with Gasteiger partial charge in [0.25, 0.3) is 0 Å². The average molecular weight is 214 g/mol. The lowest BCUT2D eigenvalue weighted by molar-refractivity contribution is -0.164. The molecule has 0 aromatic heterocycles. The summed E-state index contributed by atoms with van der Waals surface area (Å²) in [5.74, 6) is -1.81. The van der Waals surface area contributed by atoms with E-state index in [-0.39, 0.29) is 0 Å². The molecule has 15 heavy (non-hydrogen) atoms. The van der Waals surface area contributed by atoms with Gasteiger partial charge in [0, 0.05) is 0 Å². The van der Waals surface area contributed by atoms with Crippen LogP contribution >= 0.6 is 0 Å². The number of aliphatic carboxylic acids is 2. The first-order chi connectivity index (χ1) is 6.59. The lowest BCUT2D eigenvalue weighted by Crippen LogP contribution is -2.48. The van der Waals surface area contributed by atoms with E-state index in [0.717, 1.165) is 0 Å². The summed E-state index contributed by atoms with van der Waals surface area (Å²) < 4.78 is 0. The first-order valence-corrected chi connectivity index (χ1v) is 5.06. The fraction of sp³-hybridized carbons (Fsp3) is 0.818. The van der Waals surface area contributed by atoms with E-state index in [0.29, 0.717) is 12.8 Å². The quantitative estimate of drug-likeness (QED) is 0.737. The first kappa shape index (κ1) is 12.0. The zero-order valence-corrected chi connectivity index (χ0v) is 9.63. The molecule has 1 aliphatic rings. The third-order valence-corrected chi connectivity index (χ3v) is 4.83. The lowest BCUT2D eigenvalue weighted by atomic mass is 9.59. The van der Waals surface area contributed by atoms with Crippen LogP contribution in [-0.2, 0) is 9.59 Å². The molecule has 0 aromatic carbocycles. The summed E-state index contributed by atoms with van der Waals surface area (Å²) in [5, 5.41) is 18.5. The molecule has 0 bridgehead atoms. The number of hydrogen-bond acceptors (Lipinski definition) is 2. The molecule has 0 heterocycles. The largest absolute Gasteiger partial charge is 0.481 e. The van der Waals surface area contributed by atoms with Gasteiger partial charge in [-0.3, -0.25) is 9.59 Å². The number of carbonyl (C=O) groups is 2. The molecule has 0 aliphatic heterocycles. The molecule has 0 spiro atoms. The van der Waals surface area contributed by atoms with Crippen LogP contribution in [0.3, 0.4) is 0 Å². The topological polar surface area (TPSA) is 74.6 Å². The predicted molar refractivity (Wildman–Crippen MR) is 54.5 cm³/mol. The number of carboxylic acids is 2. The molecule has 1 aliphatic carbocycles. The van der Waals surface area contributed by atoms with E-state index < -0.39 is 28.2 Å². The highest BCUT2D eigenvalue weighted by molar-refractivity contribution is 5.82. The van der Waals surface area contributed by atoms with Crippen molar-refractivity contribution in [1.82, 2.24) is 0 Å². The second kappa shape index (κ2) is 2.97. The van der Waals surface area contributed by atoms with Gasteiger partial charge >= 0.3 is 11.9 Å². The van der Waals surface area contributed by atoms with Crippen molar-refractivity contribution in [3.05, 3.63) is 0 Å². The molecule has 2 atom stereocenters. The predicted octanol–water partition coefficient (Wildman–Crippen LogP) is 1.99. The van der Waals surface area contributed by atoms with Crippen LogP contribution in [0.5, 0.6) is 0 Å². The third-order valence-electron chi connectivity index (χ3n) is 4.83. The molecule has 0 unspecified atom stereocenters. The van der Waals surface area contributed by atoms with E-state index in [1.807, 2.05) is 0 Å². The van der Waals surface area contributed by atoms with Gasteiger partial charge in [-0.1, -0.05) is 13.8 Å². The van der Waals surface area contributed by atoms with Gasteiger partial charge in [0.15, 0.2) is 0 Å². The van der Waals surface area contributed by atoms with E-state index in [1.54, 1.807) is 27.7 Å². The zero-order valence-electron chi connectivity index (χ0n) is 9.63. The molecule has 4 heteroatoms. The molecule has 1 rings (SSSR count). The molecule has 4 nitrogen and oxygen atoms in total. The van der Waals surface area contributed by atoms with E-state index >= 15 is 0 Å². The van der Waals surface area contributed by atoms with Crippen LogP contribution in [0.1, 0.15) is 40.5 Å². The van der Waals surface area contributed by atoms with Crippen molar-refractivity contribution in [1.29, 1.82) is 0 Å². The Morgan fingerprint density at radius 3 is 1.27 bits per heavy atom. The number of rotatable bonds is 2. The molecule has 0 radical (unpaired) electrons. The van der Waals surface area contributed by atoms with Gasteiger partial charge in [0.2, 0.25) is 0 Å². The standard InChI is InChI=1S/C11H18O4/c1-9(2)10(3,7(12)13)5-6-11(9,4)8(14)15/h5-6H2,1-4H3,(H,12,13)(H,14,15)/t10-,11-/m0/s1. The molecule has 1 fully saturated rings. The van der Waals surface area contributed by atoms with Gasteiger partial charge in [-0.25, -0.2) is 0 Å². The Morgan fingerprint density at radius 2 is 1.13 bits per heavy atom. The Morgan fingerprint density at radius 1 is 0.867 bits per heavy atom. The van der Waals surface area contributed by atoms with Gasteiger partial charge in [0.1, 0.15) is 0 Å². The van der Waals surface area contributed by atoms with Gasteiger partial charge in [-0.2, -0.15) is 0 Å². The van der Waals surface area contributed by atoms with E-state index in [2.05, 4.69) is 0 Å². The van der Waals surface area contributed by atoms with Crippen LogP contribution in [0.4, 0.5) is 0 Å². The van der Waals surface area contributed by atoms with E-state index in [1.165, 1.54) is 0 Å². The zero-order chi connectivity index (χ0) is 12.1. The Kier molecular flexibility index (Phi) is 2.38. The molecule has 0 saturated heterocycles. The molecular formula is C11H18O4. The van der Waals surface area contributed by atoms with Crippen molar-refractivity contribution < 1.29 is 19.8 Å². The Balaban J connectivity index is 3.26. The van der Waals surface area contributed by atoms with Gasteiger partial charge in [0.05, 0.1) is 10.8 Å². The van der Waals surface area contributed by atoms with Crippen molar-refractivity contribution in [2.24, 2.45) is 16.2 Å². The summed E-state index contributed by atoms with van der Waals surface area (Å²) in [6, 6.07) is 0.